The Morgan fingerprint density at radius 3 is 3.06 bits per heavy atom. The van der Waals surface area contributed by atoms with Crippen molar-refractivity contribution in [3.05, 3.63) is 35.4 Å². The molecule has 0 bridgehead atoms. The van der Waals surface area contributed by atoms with E-state index in [1.807, 2.05) is 19.1 Å². The van der Waals surface area contributed by atoms with E-state index in [4.69, 9.17) is 0 Å². The van der Waals surface area contributed by atoms with Gasteiger partial charge in [0.05, 0.1) is 0 Å². The second kappa shape index (κ2) is 6.43. The summed E-state index contributed by atoms with van der Waals surface area (Å²) < 4.78 is 12.8. The maximum atomic E-state index is 12.8. The van der Waals surface area contributed by atoms with Crippen LogP contribution in [-0.4, -0.2) is 15.9 Å². The average Bonchev–Trinajstić information content (AvgIpc) is 2.22. The number of pyridine rings is 1. The average molecular weight is 239 g/mol. The molecule has 0 N–H and O–H groups in total. The molecule has 0 aliphatic carbocycles. The molecule has 0 aromatic carbocycles. The number of aromatic nitrogens is 1. The Morgan fingerprint density at radius 2 is 2.38 bits per heavy atom. The van der Waals surface area contributed by atoms with Crippen molar-refractivity contribution in [1.82, 2.24) is 4.98 Å². The molecule has 86 valence electrons. The van der Waals surface area contributed by atoms with Crippen LogP contribution in [-0.2, 0) is 4.79 Å². The van der Waals surface area contributed by atoms with Crippen molar-refractivity contribution in [3.63, 3.8) is 0 Å². The van der Waals surface area contributed by atoms with Gasteiger partial charge in [-0.1, -0.05) is 23.9 Å². The second-order valence-corrected chi connectivity index (χ2v) is 4.67. The van der Waals surface area contributed by atoms with Crippen LogP contribution in [0.2, 0.25) is 0 Å². The van der Waals surface area contributed by atoms with Crippen molar-refractivity contribution >= 4 is 23.0 Å². The first kappa shape index (κ1) is 12.9. The number of rotatable bonds is 4. The van der Waals surface area contributed by atoms with Crippen molar-refractivity contribution in [1.29, 1.82) is 0 Å². The lowest BCUT2D eigenvalue weighted by molar-refractivity contribution is -0.109. The van der Waals surface area contributed by atoms with E-state index in [1.165, 1.54) is 24.0 Å². The molecule has 1 heterocycles. The van der Waals surface area contributed by atoms with Crippen LogP contribution in [0.25, 0.3) is 6.08 Å². The van der Waals surface area contributed by atoms with Crippen molar-refractivity contribution in [3.8, 4) is 0 Å². The number of thioether (sulfide) groups is 1. The third-order valence-corrected chi connectivity index (χ3v) is 2.85. The number of nitrogens with zero attached hydrogens (tertiary/aromatic N) is 1. The molecule has 0 saturated carbocycles. The molecule has 1 aromatic heterocycles. The first-order valence-corrected chi connectivity index (χ1v) is 6.00. The number of hydrogen-bond acceptors (Lipinski definition) is 3. The first-order chi connectivity index (χ1) is 7.59. The molecule has 0 saturated heterocycles. The van der Waals surface area contributed by atoms with Gasteiger partial charge < -0.3 is 0 Å². The monoisotopic (exact) mass is 239 g/mol. The maximum Gasteiger partial charge on any atom is 0.213 e. The highest BCUT2D eigenvalue weighted by Gasteiger charge is 1.97. The first-order valence-electron chi connectivity index (χ1n) is 5.01. The minimum absolute atomic E-state index is 0.125. The van der Waals surface area contributed by atoms with Gasteiger partial charge in [0.2, 0.25) is 5.95 Å². The summed E-state index contributed by atoms with van der Waals surface area (Å²) in [7, 11) is 0. The number of hydrogen-bond donors (Lipinski definition) is 0. The van der Waals surface area contributed by atoms with Gasteiger partial charge in [-0.25, -0.2) is 4.98 Å². The fraction of sp³-hybridized carbons (Fsp3) is 0.333. The third-order valence-electron chi connectivity index (χ3n) is 2.00. The van der Waals surface area contributed by atoms with E-state index >= 15 is 0 Å². The van der Waals surface area contributed by atoms with E-state index in [-0.39, 0.29) is 5.12 Å². The summed E-state index contributed by atoms with van der Waals surface area (Å²) in [5.74, 6) is 0.293. The lowest BCUT2D eigenvalue weighted by atomic mass is 10.1. The summed E-state index contributed by atoms with van der Waals surface area (Å²) in [5.41, 5.74) is 1.78. The van der Waals surface area contributed by atoms with Crippen molar-refractivity contribution < 1.29 is 9.18 Å². The molecular formula is C12H14FNOS. The number of allylic oxidation sites excluding steroid dienone is 1. The Hall–Kier alpha value is -1.16. The van der Waals surface area contributed by atoms with Crippen LogP contribution in [0.5, 0.6) is 0 Å². The Labute approximate surface area is 99.0 Å². The predicted octanol–water partition coefficient (Wildman–Crippen LogP) is 3.21. The quantitative estimate of drug-likeness (QED) is 0.597. The normalized spacial score (nSPS) is 10.9. The Morgan fingerprint density at radius 1 is 1.62 bits per heavy atom. The van der Waals surface area contributed by atoms with E-state index in [2.05, 4.69) is 4.98 Å². The molecule has 4 heteroatoms. The van der Waals surface area contributed by atoms with Crippen LogP contribution >= 0.6 is 11.8 Å². The fourth-order valence-electron chi connectivity index (χ4n) is 1.17. The molecule has 0 aliphatic rings. The van der Waals surface area contributed by atoms with Gasteiger partial charge in [0.1, 0.15) is 0 Å². The number of halogens is 1. The summed E-state index contributed by atoms with van der Waals surface area (Å²) in [6.07, 6.45) is 6.12. The molecular weight excluding hydrogens is 225 g/mol. The van der Waals surface area contributed by atoms with E-state index < -0.39 is 5.95 Å². The molecule has 16 heavy (non-hydrogen) atoms. The van der Waals surface area contributed by atoms with E-state index in [0.29, 0.717) is 0 Å². The molecule has 2 nitrogen and oxygen atoms in total. The van der Waals surface area contributed by atoms with Crippen LogP contribution in [0.3, 0.4) is 0 Å². The smallest absolute Gasteiger partial charge is 0.213 e. The second-order valence-electron chi connectivity index (χ2n) is 3.39. The van der Waals surface area contributed by atoms with Gasteiger partial charge in [-0.3, -0.25) is 4.79 Å². The minimum Gasteiger partial charge on any atom is -0.288 e. The molecule has 0 unspecified atom stereocenters. The molecule has 1 aromatic rings. The van der Waals surface area contributed by atoms with Crippen molar-refractivity contribution in [2.75, 3.05) is 5.75 Å². The lowest BCUT2D eigenvalue weighted by Gasteiger charge is -1.99. The van der Waals surface area contributed by atoms with Crippen molar-refractivity contribution in [2.24, 2.45) is 0 Å². The van der Waals surface area contributed by atoms with Gasteiger partial charge in [-0.2, -0.15) is 4.39 Å². The number of carbonyl (C=O) groups is 1. The molecule has 1 rings (SSSR count). The summed E-state index contributed by atoms with van der Waals surface area (Å²) >= 11 is 1.30. The number of aryl methyl sites for hydroxylation is 1. The highest BCUT2D eigenvalue weighted by molar-refractivity contribution is 8.13. The van der Waals surface area contributed by atoms with E-state index in [0.717, 1.165) is 23.3 Å². The van der Waals surface area contributed by atoms with Gasteiger partial charge in [-0.05, 0) is 24.5 Å². The topological polar surface area (TPSA) is 30.0 Å². The van der Waals surface area contributed by atoms with Crippen LogP contribution in [0.15, 0.2) is 18.3 Å². The molecule has 0 atom stereocenters. The number of carbonyl (C=O) groups excluding carboxylic acids is 1. The SMILES string of the molecule is CC(=O)SCCC=Cc1cc(F)ncc1C. The van der Waals surface area contributed by atoms with Gasteiger partial charge in [0.15, 0.2) is 5.12 Å². The molecule has 0 amide bonds. The third kappa shape index (κ3) is 4.57. The fourth-order valence-corrected chi connectivity index (χ4v) is 1.71. The van der Waals surface area contributed by atoms with Crippen molar-refractivity contribution in [2.45, 2.75) is 20.3 Å². The Kier molecular flexibility index (Phi) is 5.19. The molecule has 0 radical (unpaired) electrons. The van der Waals surface area contributed by atoms with Crippen LogP contribution < -0.4 is 0 Å². The summed E-state index contributed by atoms with van der Waals surface area (Å²) in [4.78, 5) is 14.2. The molecule has 0 fully saturated rings. The zero-order valence-electron chi connectivity index (χ0n) is 9.37. The predicted molar refractivity (Wildman–Crippen MR) is 65.7 cm³/mol. The molecule has 0 aliphatic heterocycles. The largest absolute Gasteiger partial charge is 0.288 e. The highest BCUT2D eigenvalue weighted by atomic mass is 32.2. The van der Waals surface area contributed by atoms with Gasteiger partial charge in [0, 0.05) is 24.9 Å². The van der Waals surface area contributed by atoms with E-state index in [9.17, 15) is 9.18 Å². The van der Waals surface area contributed by atoms with Crippen LogP contribution in [0.4, 0.5) is 4.39 Å². The Bertz CT molecular complexity index is 404. The Balaban J connectivity index is 2.49. The standard InChI is InChI=1S/C12H14FNOS/c1-9-8-14-12(13)7-11(9)5-3-4-6-16-10(2)15/h3,5,7-8H,4,6H2,1-2H3. The van der Waals surface area contributed by atoms with Gasteiger partial charge in [-0.15, -0.1) is 0 Å². The highest BCUT2D eigenvalue weighted by Crippen LogP contribution is 2.11. The molecule has 0 spiro atoms. The maximum absolute atomic E-state index is 12.8. The van der Waals surface area contributed by atoms with Gasteiger partial charge in [0.25, 0.3) is 0 Å². The minimum atomic E-state index is -0.469. The zero-order chi connectivity index (χ0) is 12.0. The van der Waals surface area contributed by atoms with E-state index in [1.54, 1.807) is 6.92 Å². The zero-order valence-corrected chi connectivity index (χ0v) is 10.2. The summed E-state index contributed by atoms with van der Waals surface area (Å²) in [5, 5.41) is 0.125. The van der Waals surface area contributed by atoms with Crippen LogP contribution in [0.1, 0.15) is 24.5 Å². The summed E-state index contributed by atoms with van der Waals surface area (Å²) in [6, 6.07) is 1.41. The lowest BCUT2D eigenvalue weighted by Crippen LogP contribution is -1.88. The van der Waals surface area contributed by atoms with Gasteiger partial charge >= 0.3 is 0 Å². The van der Waals surface area contributed by atoms with Crippen LogP contribution in [0, 0.1) is 12.9 Å². The summed E-state index contributed by atoms with van der Waals surface area (Å²) in [6.45, 7) is 3.44.